The number of rotatable bonds is 0. The lowest BCUT2D eigenvalue weighted by Crippen LogP contribution is -2.55. The second kappa shape index (κ2) is 3.82. The molecular weight excluding hydrogens is 224 g/mol. The molecular formula is C15H18N2O. The van der Waals surface area contributed by atoms with E-state index in [4.69, 9.17) is 0 Å². The highest BCUT2D eigenvalue weighted by atomic mass is 16.2. The molecule has 1 aromatic carbocycles. The first-order valence-corrected chi connectivity index (χ1v) is 7.00. The van der Waals surface area contributed by atoms with Gasteiger partial charge in [0.25, 0.3) is 5.91 Å². The van der Waals surface area contributed by atoms with Crippen LogP contribution < -0.4 is 5.32 Å². The maximum Gasteiger partial charge on any atom is 0.255 e. The smallest absolute Gasteiger partial charge is 0.255 e. The first-order chi connectivity index (χ1) is 8.84. The van der Waals surface area contributed by atoms with Crippen molar-refractivity contribution in [3.63, 3.8) is 0 Å². The van der Waals surface area contributed by atoms with Gasteiger partial charge in [0.1, 0.15) is 6.17 Å². The Hall–Kier alpha value is -1.35. The predicted octanol–water partition coefficient (Wildman–Crippen LogP) is 2.30. The summed E-state index contributed by atoms with van der Waals surface area (Å²) in [5, 5.41) is 3.71. The fourth-order valence-electron chi connectivity index (χ4n) is 3.84. The van der Waals surface area contributed by atoms with Gasteiger partial charge in [0, 0.05) is 23.7 Å². The summed E-state index contributed by atoms with van der Waals surface area (Å²) < 4.78 is 0. The molecule has 0 unspecified atom stereocenters. The van der Waals surface area contributed by atoms with Crippen molar-refractivity contribution < 1.29 is 4.79 Å². The second-order valence-corrected chi connectivity index (χ2v) is 5.76. The summed E-state index contributed by atoms with van der Waals surface area (Å²) in [5.74, 6) is 0.875. The SMILES string of the molecule is O=C1c2ccccc2[C@@H]2N[C@@H]3CCCC[C@@H]3CN12. The van der Waals surface area contributed by atoms with Crippen LogP contribution in [0.25, 0.3) is 0 Å². The van der Waals surface area contributed by atoms with Crippen LogP contribution in [-0.4, -0.2) is 23.4 Å². The Morgan fingerprint density at radius 1 is 1.17 bits per heavy atom. The largest absolute Gasteiger partial charge is 0.319 e. The first kappa shape index (κ1) is 10.6. The Labute approximate surface area is 107 Å². The summed E-state index contributed by atoms with van der Waals surface area (Å²) in [7, 11) is 0. The monoisotopic (exact) mass is 242 g/mol. The average Bonchev–Trinajstić information content (AvgIpc) is 2.71. The topological polar surface area (TPSA) is 32.3 Å². The lowest BCUT2D eigenvalue weighted by Gasteiger charge is -2.44. The van der Waals surface area contributed by atoms with Crippen LogP contribution in [0.2, 0.25) is 0 Å². The summed E-state index contributed by atoms with van der Waals surface area (Å²) in [6.07, 6.45) is 5.32. The van der Waals surface area contributed by atoms with Gasteiger partial charge < -0.3 is 4.90 Å². The predicted molar refractivity (Wildman–Crippen MR) is 69.1 cm³/mol. The van der Waals surface area contributed by atoms with Gasteiger partial charge >= 0.3 is 0 Å². The van der Waals surface area contributed by atoms with Crippen molar-refractivity contribution in [2.75, 3.05) is 6.54 Å². The maximum absolute atomic E-state index is 12.4. The highest BCUT2D eigenvalue weighted by Crippen LogP contribution is 2.39. The van der Waals surface area contributed by atoms with E-state index in [0.29, 0.717) is 12.0 Å². The Balaban J connectivity index is 1.71. The van der Waals surface area contributed by atoms with Crippen LogP contribution in [0.4, 0.5) is 0 Å². The zero-order chi connectivity index (χ0) is 12.1. The van der Waals surface area contributed by atoms with E-state index in [9.17, 15) is 4.79 Å². The van der Waals surface area contributed by atoms with Crippen LogP contribution in [0, 0.1) is 5.92 Å². The van der Waals surface area contributed by atoms with Crippen molar-refractivity contribution in [1.82, 2.24) is 10.2 Å². The van der Waals surface area contributed by atoms with Crippen LogP contribution in [0.5, 0.6) is 0 Å². The van der Waals surface area contributed by atoms with E-state index in [1.165, 1.54) is 31.2 Å². The molecule has 1 saturated heterocycles. The number of hydrogen-bond acceptors (Lipinski definition) is 2. The third-order valence-electron chi connectivity index (χ3n) is 4.77. The van der Waals surface area contributed by atoms with Crippen molar-refractivity contribution in [2.24, 2.45) is 5.92 Å². The van der Waals surface area contributed by atoms with E-state index in [2.05, 4.69) is 11.4 Å². The summed E-state index contributed by atoms with van der Waals surface area (Å²) >= 11 is 0. The van der Waals surface area contributed by atoms with E-state index in [0.717, 1.165) is 12.1 Å². The lowest BCUT2D eigenvalue weighted by atomic mass is 9.82. The Bertz CT molecular complexity index is 499. The van der Waals surface area contributed by atoms with Crippen LogP contribution in [0.1, 0.15) is 47.8 Å². The number of nitrogens with zero attached hydrogens (tertiary/aromatic N) is 1. The summed E-state index contributed by atoms with van der Waals surface area (Å²) in [5.41, 5.74) is 2.07. The summed E-state index contributed by atoms with van der Waals surface area (Å²) in [6.45, 7) is 0.940. The van der Waals surface area contributed by atoms with Crippen molar-refractivity contribution in [3.05, 3.63) is 35.4 Å². The average molecular weight is 242 g/mol. The Morgan fingerprint density at radius 2 is 2.00 bits per heavy atom. The molecule has 1 amide bonds. The molecule has 3 atom stereocenters. The van der Waals surface area contributed by atoms with Crippen molar-refractivity contribution in [1.29, 1.82) is 0 Å². The molecule has 0 bridgehead atoms. The fraction of sp³-hybridized carbons (Fsp3) is 0.533. The van der Waals surface area contributed by atoms with E-state index in [1.807, 2.05) is 23.1 Å². The van der Waals surface area contributed by atoms with Gasteiger partial charge in [-0.2, -0.15) is 0 Å². The van der Waals surface area contributed by atoms with E-state index < -0.39 is 0 Å². The molecule has 94 valence electrons. The van der Waals surface area contributed by atoms with Gasteiger partial charge in [-0.15, -0.1) is 0 Å². The molecule has 2 aliphatic heterocycles. The Morgan fingerprint density at radius 3 is 2.94 bits per heavy atom. The second-order valence-electron chi connectivity index (χ2n) is 5.76. The third kappa shape index (κ3) is 1.37. The van der Waals surface area contributed by atoms with Gasteiger partial charge in [0.2, 0.25) is 0 Å². The molecule has 1 N–H and O–H groups in total. The molecule has 18 heavy (non-hydrogen) atoms. The number of carbonyl (C=O) groups excluding carboxylic acids is 1. The molecule has 1 aromatic rings. The van der Waals surface area contributed by atoms with Crippen LogP contribution in [0.3, 0.4) is 0 Å². The standard InChI is InChI=1S/C15H18N2O/c18-15-12-7-3-2-6-11(12)14-16-13-8-4-1-5-10(13)9-17(14)15/h2-3,6-7,10,13-14,16H,1,4-5,8-9H2/t10-,13-,14-/m1/s1. The van der Waals surface area contributed by atoms with Crippen molar-refractivity contribution in [2.45, 2.75) is 37.9 Å². The quantitative estimate of drug-likeness (QED) is 0.757. The highest BCUT2D eigenvalue weighted by Gasteiger charge is 2.44. The van der Waals surface area contributed by atoms with Crippen molar-refractivity contribution >= 4 is 5.91 Å². The van der Waals surface area contributed by atoms with Crippen LogP contribution >= 0.6 is 0 Å². The molecule has 0 aromatic heterocycles. The van der Waals surface area contributed by atoms with Gasteiger partial charge in [-0.1, -0.05) is 31.0 Å². The fourth-order valence-corrected chi connectivity index (χ4v) is 3.84. The minimum Gasteiger partial charge on any atom is -0.319 e. The number of nitrogens with one attached hydrogen (secondary N) is 1. The van der Waals surface area contributed by atoms with E-state index >= 15 is 0 Å². The minimum absolute atomic E-state index is 0.132. The number of fused-ring (bicyclic) bond motifs is 4. The minimum atomic E-state index is 0.132. The third-order valence-corrected chi connectivity index (χ3v) is 4.77. The normalized spacial score (nSPS) is 33.9. The van der Waals surface area contributed by atoms with E-state index in [-0.39, 0.29) is 12.1 Å². The summed E-state index contributed by atoms with van der Waals surface area (Å²) in [4.78, 5) is 14.4. The lowest BCUT2D eigenvalue weighted by molar-refractivity contribution is 0.0378. The van der Waals surface area contributed by atoms with Gasteiger partial charge in [-0.25, -0.2) is 0 Å². The Kier molecular flexibility index (Phi) is 2.24. The van der Waals surface area contributed by atoms with Gasteiger partial charge in [-0.05, 0) is 24.8 Å². The number of hydrogen-bond donors (Lipinski definition) is 1. The van der Waals surface area contributed by atoms with Crippen molar-refractivity contribution in [3.8, 4) is 0 Å². The molecule has 1 aliphatic carbocycles. The number of amides is 1. The summed E-state index contributed by atoms with van der Waals surface area (Å²) in [6, 6.07) is 8.65. The molecule has 2 fully saturated rings. The molecule has 3 nitrogen and oxygen atoms in total. The van der Waals surface area contributed by atoms with Gasteiger partial charge in [-0.3, -0.25) is 10.1 Å². The van der Waals surface area contributed by atoms with Gasteiger partial charge in [0.05, 0.1) is 0 Å². The molecule has 0 spiro atoms. The number of carbonyl (C=O) groups is 1. The van der Waals surface area contributed by atoms with Crippen LogP contribution in [-0.2, 0) is 0 Å². The first-order valence-electron chi connectivity index (χ1n) is 7.00. The molecule has 0 radical (unpaired) electrons. The molecule has 4 rings (SSSR count). The zero-order valence-electron chi connectivity index (χ0n) is 10.4. The highest BCUT2D eigenvalue weighted by molar-refractivity contribution is 5.99. The maximum atomic E-state index is 12.4. The van der Waals surface area contributed by atoms with E-state index in [1.54, 1.807) is 0 Å². The molecule has 1 saturated carbocycles. The molecule has 3 aliphatic rings. The molecule has 3 heteroatoms. The zero-order valence-corrected chi connectivity index (χ0v) is 10.4. The van der Waals surface area contributed by atoms with Gasteiger partial charge in [0.15, 0.2) is 0 Å². The number of benzene rings is 1. The molecule has 2 heterocycles. The van der Waals surface area contributed by atoms with Crippen LogP contribution in [0.15, 0.2) is 24.3 Å².